The highest BCUT2D eigenvalue weighted by Crippen LogP contribution is 2.14. The fraction of sp³-hybridized carbons (Fsp3) is 0.556. The lowest BCUT2D eigenvalue weighted by molar-refractivity contribution is -0.141. The normalized spacial score (nSPS) is 16.2. The van der Waals surface area contributed by atoms with Crippen LogP contribution in [0.5, 0.6) is 0 Å². The van der Waals surface area contributed by atoms with Crippen LogP contribution in [-0.4, -0.2) is 36.3 Å². The van der Waals surface area contributed by atoms with Gasteiger partial charge >= 0.3 is 0 Å². The molecule has 0 atom stereocenters. The molecule has 0 unspecified atom stereocenters. The Morgan fingerprint density at radius 1 is 1.62 bits per heavy atom. The Balaban J connectivity index is 2.22. The highest BCUT2D eigenvalue weighted by molar-refractivity contribution is 5.83. The summed E-state index contributed by atoms with van der Waals surface area (Å²) in [5.41, 5.74) is 0. The molecule has 4 nitrogen and oxygen atoms in total. The minimum atomic E-state index is -0.0242. The first-order valence-electron chi connectivity index (χ1n) is 4.29. The van der Waals surface area contributed by atoms with E-state index in [1.807, 2.05) is 0 Å². The third-order valence-corrected chi connectivity index (χ3v) is 2.12. The molecule has 0 aromatic rings. The first-order valence-corrected chi connectivity index (χ1v) is 4.29. The Labute approximate surface area is 77.6 Å². The summed E-state index contributed by atoms with van der Waals surface area (Å²) in [6, 6.07) is 0. The molecule has 0 radical (unpaired) electrons. The van der Waals surface area contributed by atoms with Crippen molar-refractivity contribution in [2.24, 2.45) is 5.92 Å². The third-order valence-electron chi connectivity index (χ3n) is 2.12. The average Bonchev–Trinajstić information content (AvgIpc) is 1.97. The van der Waals surface area contributed by atoms with Gasteiger partial charge in [-0.1, -0.05) is 6.08 Å². The topological polar surface area (TPSA) is 49.4 Å². The largest absolute Gasteiger partial charge is 0.352 e. The van der Waals surface area contributed by atoms with Crippen LogP contribution in [0.25, 0.3) is 0 Å². The molecule has 1 fully saturated rings. The fourth-order valence-corrected chi connectivity index (χ4v) is 1.22. The van der Waals surface area contributed by atoms with Gasteiger partial charge in [0.05, 0.1) is 5.92 Å². The second kappa shape index (κ2) is 4.07. The van der Waals surface area contributed by atoms with Crippen molar-refractivity contribution >= 4 is 11.8 Å². The molecule has 1 aliphatic heterocycles. The molecule has 13 heavy (non-hydrogen) atoms. The van der Waals surface area contributed by atoms with Crippen LogP contribution in [-0.2, 0) is 9.59 Å². The lowest BCUT2D eigenvalue weighted by atomic mass is 9.99. The van der Waals surface area contributed by atoms with Crippen LogP contribution in [0.15, 0.2) is 12.7 Å². The highest BCUT2D eigenvalue weighted by Gasteiger charge is 2.33. The predicted octanol–water partition coefficient (Wildman–Crippen LogP) is -0.233. The molecule has 0 aromatic carbocycles. The van der Waals surface area contributed by atoms with Crippen LogP contribution in [0.3, 0.4) is 0 Å². The van der Waals surface area contributed by atoms with E-state index in [1.165, 1.54) is 6.92 Å². The lowest BCUT2D eigenvalue weighted by Gasteiger charge is -2.37. The van der Waals surface area contributed by atoms with Crippen molar-refractivity contribution in [3.05, 3.63) is 12.7 Å². The van der Waals surface area contributed by atoms with Crippen LogP contribution in [0.2, 0.25) is 0 Å². The van der Waals surface area contributed by atoms with E-state index in [1.54, 1.807) is 11.0 Å². The SMILES string of the molecule is C=CCNC(=O)C1CN(C(C)=O)C1. The van der Waals surface area contributed by atoms with Gasteiger partial charge in [0, 0.05) is 26.6 Å². The first-order chi connectivity index (χ1) is 6.15. The Bertz CT molecular complexity index is 232. The van der Waals surface area contributed by atoms with Crippen molar-refractivity contribution in [3.8, 4) is 0 Å². The Hall–Kier alpha value is -1.32. The van der Waals surface area contributed by atoms with Crippen LogP contribution in [0.4, 0.5) is 0 Å². The van der Waals surface area contributed by atoms with Crippen LogP contribution in [0.1, 0.15) is 6.92 Å². The average molecular weight is 182 g/mol. The number of hydrogen-bond acceptors (Lipinski definition) is 2. The Morgan fingerprint density at radius 2 is 2.23 bits per heavy atom. The molecule has 0 aliphatic carbocycles. The monoisotopic (exact) mass is 182 g/mol. The number of carbonyl (C=O) groups is 2. The predicted molar refractivity (Wildman–Crippen MR) is 49.0 cm³/mol. The van der Waals surface area contributed by atoms with E-state index in [0.29, 0.717) is 19.6 Å². The summed E-state index contributed by atoms with van der Waals surface area (Å²) >= 11 is 0. The molecule has 72 valence electrons. The van der Waals surface area contributed by atoms with Gasteiger partial charge < -0.3 is 10.2 Å². The van der Waals surface area contributed by atoms with Crippen molar-refractivity contribution in [1.29, 1.82) is 0 Å². The Morgan fingerprint density at radius 3 is 2.69 bits per heavy atom. The van der Waals surface area contributed by atoms with Crippen molar-refractivity contribution in [1.82, 2.24) is 10.2 Å². The van der Waals surface area contributed by atoms with E-state index >= 15 is 0 Å². The molecule has 0 bridgehead atoms. The molecule has 4 heteroatoms. The van der Waals surface area contributed by atoms with Crippen LogP contribution < -0.4 is 5.32 Å². The molecule has 1 heterocycles. The summed E-state index contributed by atoms with van der Waals surface area (Å²) in [6.07, 6.45) is 1.64. The molecule has 2 amide bonds. The van der Waals surface area contributed by atoms with E-state index in [9.17, 15) is 9.59 Å². The van der Waals surface area contributed by atoms with Gasteiger partial charge in [0.2, 0.25) is 11.8 Å². The van der Waals surface area contributed by atoms with Gasteiger partial charge in [0.15, 0.2) is 0 Å². The molecule has 0 saturated carbocycles. The summed E-state index contributed by atoms with van der Waals surface area (Å²) < 4.78 is 0. The van der Waals surface area contributed by atoms with E-state index in [4.69, 9.17) is 0 Å². The van der Waals surface area contributed by atoms with Gasteiger partial charge in [-0.05, 0) is 0 Å². The standard InChI is InChI=1S/C9H14N2O2/c1-3-4-10-9(13)8-5-11(6-8)7(2)12/h3,8H,1,4-6H2,2H3,(H,10,13). The van der Waals surface area contributed by atoms with E-state index in [2.05, 4.69) is 11.9 Å². The van der Waals surface area contributed by atoms with Crippen molar-refractivity contribution in [3.63, 3.8) is 0 Å². The Kier molecular flexibility index (Phi) is 3.06. The molecular formula is C9H14N2O2. The quantitative estimate of drug-likeness (QED) is 0.613. The van der Waals surface area contributed by atoms with Crippen molar-refractivity contribution in [2.45, 2.75) is 6.92 Å². The van der Waals surface area contributed by atoms with E-state index in [0.717, 1.165) is 0 Å². The third kappa shape index (κ3) is 2.31. The number of likely N-dealkylation sites (tertiary alicyclic amines) is 1. The number of nitrogens with zero attached hydrogens (tertiary/aromatic N) is 1. The summed E-state index contributed by atoms with van der Waals surface area (Å²) in [7, 11) is 0. The minimum Gasteiger partial charge on any atom is -0.352 e. The number of hydrogen-bond donors (Lipinski definition) is 1. The van der Waals surface area contributed by atoms with Gasteiger partial charge in [0.1, 0.15) is 0 Å². The molecule has 1 N–H and O–H groups in total. The smallest absolute Gasteiger partial charge is 0.226 e. The van der Waals surface area contributed by atoms with Gasteiger partial charge in [-0.15, -0.1) is 6.58 Å². The molecule has 0 spiro atoms. The molecule has 1 saturated heterocycles. The number of amides is 2. The number of carbonyl (C=O) groups excluding carboxylic acids is 2. The summed E-state index contributed by atoms with van der Waals surface area (Å²) in [5.74, 6) is 0.0222. The van der Waals surface area contributed by atoms with Crippen LogP contribution in [0, 0.1) is 5.92 Å². The second-order valence-electron chi connectivity index (χ2n) is 3.15. The van der Waals surface area contributed by atoms with E-state index in [-0.39, 0.29) is 17.7 Å². The summed E-state index contributed by atoms with van der Waals surface area (Å²) in [5, 5.41) is 2.70. The van der Waals surface area contributed by atoms with Crippen molar-refractivity contribution in [2.75, 3.05) is 19.6 Å². The van der Waals surface area contributed by atoms with Crippen molar-refractivity contribution < 1.29 is 9.59 Å². The molecule has 1 aliphatic rings. The number of rotatable bonds is 3. The molecule has 0 aromatic heterocycles. The van der Waals surface area contributed by atoms with Gasteiger partial charge in [-0.3, -0.25) is 9.59 Å². The zero-order valence-corrected chi connectivity index (χ0v) is 7.75. The maximum atomic E-state index is 11.3. The zero-order valence-electron chi connectivity index (χ0n) is 7.75. The number of nitrogens with one attached hydrogen (secondary N) is 1. The van der Waals surface area contributed by atoms with Crippen LogP contribution >= 0.6 is 0 Å². The van der Waals surface area contributed by atoms with Gasteiger partial charge in [-0.25, -0.2) is 0 Å². The second-order valence-corrected chi connectivity index (χ2v) is 3.15. The first kappa shape index (κ1) is 9.77. The van der Waals surface area contributed by atoms with Gasteiger partial charge in [0.25, 0.3) is 0 Å². The maximum Gasteiger partial charge on any atom is 0.226 e. The summed E-state index contributed by atoms with van der Waals surface area (Å²) in [4.78, 5) is 23.7. The maximum absolute atomic E-state index is 11.3. The molecular weight excluding hydrogens is 168 g/mol. The lowest BCUT2D eigenvalue weighted by Crippen LogP contribution is -2.55. The summed E-state index contributed by atoms with van der Waals surface area (Å²) in [6.45, 7) is 6.61. The van der Waals surface area contributed by atoms with E-state index < -0.39 is 0 Å². The van der Waals surface area contributed by atoms with Gasteiger partial charge in [-0.2, -0.15) is 0 Å². The minimum absolute atomic E-state index is 0.0115. The fourth-order valence-electron chi connectivity index (χ4n) is 1.22. The zero-order chi connectivity index (χ0) is 9.84. The highest BCUT2D eigenvalue weighted by atomic mass is 16.2. The molecule has 1 rings (SSSR count).